The molecular formula is C16H20N2O3. The lowest BCUT2D eigenvalue weighted by Crippen LogP contribution is -2.38. The average molecular weight is 288 g/mol. The summed E-state index contributed by atoms with van der Waals surface area (Å²) in [5, 5.41) is 12.0. The minimum Gasteiger partial charge on any atom is -0.478 e. The van der Waals surface area contributed by atoms with Crippen molar-refractivity contribution in [3.05, 3.63) is 40.5 Å². The van der Waals surface area contributed by atoms with Gasteiger partial charge in [-0.2, -0.15) is 0 Å². The number of urea groups is 1. The van der Waals surface area contributed by atoms with E-state index in [-0.39, 0.29) is 11.6 Å². The standard InChI is InChI=1S/C16H20N2O3/c1-10-5-4-6-18(9-10)16(21)17-13-7-11(2)12(3)14(8-13)15(19)20/h5,7-8H,4,6,9H2,1-3H3,(H,17,21)(H,19,20). The summed E-state index contributed by atoms with van der Waals surface area (Å²) in [7, 11) is 0. The fourth-order valence-electron chi connectivity index (χ4n) is 2.44. The van der Waals surface area contributed by atoms with Crippen LogP contribution in [0.15, 0.2) is 23.8 Å². The summed E-state index contributed by atoms with van der Waals surface area (Å²) in [6, 6.07) is 3.11. The van der Waals surface area contributed by atoms with Crippen LogP contribution in [-0.4, -0.2) is 35.1 Å². The summed E-state index contributed by atoms with van der Waals surface area (Å²) in [6.45, 7) is 6.90. The molecule has 0 spiro atoms. The number of benzene rings is 1. The molecule has 2 rings (SSSR count). The molecule has 0 bridgehead atoms. The first-order valence-electron chi connectivity index (χ1n) is 6.94. The monoisotopic (exact) mass is 288 g/mol. The molecule has 0 saturated carbocycles. The highest BCUT2D eigenvalue weighted by molar-refractivity contribution is 5.94. The highest BCUT2D eigenvalue weighted by atomic mass is 16.4. The van der Waals surface area contributed by atoms with Gasteiger partial charge in [0, 0.05) is 18.8 Å². The molecule has 0 radical (unpaired) electrons. The van der Waals surface area contributed by atoms with Gasteiger partial charge in [0.25, 0.3) is 0 Å². The number of carboxylic acid groups (broad SMARTS) is 1. The molecule has 1 aliphatic rings. The summed E-state index contributed by atoms with van der Waals surface area (Å²) in [6.07, 6.45) is 2.98. The maximum Gasteiger partial charge on any atom is 0.336 e. The van der Waals surface area contributed by atoms with Crippen molar-refractivity contribution in [2.45, 2.75) is 27.2 Å². The topological polar surface area (TPSA) is 69.6 Å². The van der Waals surface area contributed by atoms with Crippen LogP contribution in [0, 0.1) is 13.8 Å². The van der Waals surface area contributed by atoms with Crippen LogP contribution < -0.4 is 5.32 Å². The normalized spacial score (nSPS) is 14.6. The number of carbonyl (C=O) groups excluding carboxylic acids is 1. The van der Waals surface area contributed by atoms with E-state index in [0.717, 1.165) is 17.5 Å². The van der Waals surface area contributed by atoms with Gasteiger partial charge >= 0.3 is 12.0 Å². The number of carboxylic acids is 1. The van der Waals surface area contributed by atoms with Gasteiger partial charge in [-0.3, -0.25) is 0 Å². The smallest absolute Gasteiger partial charge is 0.336 e. The van der Waals surface area contributed by atoms with E-state index >= 15 is 0 Å². The zero-order valence-electron chi connectivity index (χ0n) is 12.6. The first-order chi connectivity index (χ1) is 9.88. The van der Waals surface area contributed by atoms with E-state index in [1.165, 1.54) is 11.6 Å². The summed E-state index contributed by atoms with van der Waals surface area (Å²) >= 11 is 0. The molecule has 1 aromatic rings. The molecule has 0 saturated heterocycles. The van der Waals surface area contributed by atoms with Gasteiger partial charge in [-0.15, -0.1) is 0 Å². The maximum atomic E-state index is 12.2. The molecule has 0 aliphatic carbocycles. The van der Waals surface area contributed by atoms with E-state index in [2.05, 4.69) is 11.4 Å². The molecule has 0 aromatic heterocycles. The van der Waals surface area contributed by atoms with Crippen molar-refractivity contribution in [2.24, 2.45) is 0 Å². The second-order valence-corrected chi connectivity index (χ2v) is 5.46. The fraction of sp³-hybridized carbons (Fsp3) is 0.375. The summed E-state index contributed by atoms with van der Waals surface area (Å²) in [5.41, 5.74) is 3.48. The van der Waals surface area contributed by atoms with Gasteiger partial charge in [0.1, 0.15) is 0 Å². The van der Waals surface area contributed by atoms with E-state index in [4.69, 9.17) is 0 Å². The number of carbonyl (C=O) groups is 2. The summed E-state index contributed by atoms with van der Waals surface area (Å²) in [4.78, 5) is 25.2. The molecule has 0 fully saturated rings. The number of rotatable bonds is 2. The van der Waals surface area contributed by atoms with Gasteiger partial charge in [0.05, 0.1) is 5.56 Å². The Morgan fingerprint density at radius 1 is 1.24 bits per heavy atom. The van der Waals surface area contributed by atoms with Crippen molar-refractivity contribution in [3.8, 4) is 0 Å². The number of hydrogen-bond donors (Lipinski definition) is 2. The molecular weight excluding hydrogens is 268 g/mol. The Morgan fingerprint density at radius 2 is 1.95 bits per heavy atom. The average Bonchev–Trinajstić information content (AvgIpc) is 2.42. The quantitative estimate of drug-likeness (QED) is 0.821. The van der Waals surface area contributed by atoms with Gasteiger partial charge in [0.2, 0.25) is 0 Å². The van der Waals surface area contributed by atoms with E-state index in [9.17, 15) is 14.7 Å². The molecule has 1 aromatic carbocycles. The Bertz CT molecular complexity index is 620. The number of nitrogens with zero attached hydrogens (tertiary/aromatic N) is 1. The summed E-state index contributed by atoms with van der Waals surface area (Å²) in [5.74, 6) is -0.983. The number of anilines is 1. The minimum absolute atomic E-state index is 0.193. The van der Waals surface area contributed by atoms with Crippen LogP contribution in [0.2, 0.25) is 0 Å². The number of amides is 2. The fourth-order valence-corrected chi connectivity index (χ4v) is 2.44. The lowest BCUT2D eigenvalue weighted by molar-refractivity contribution is 0.0696. The minimum atomic E-state index is -0.983. The molecule has 5 nitrogen and oxygen atoms in total. The lowest BCUT2D eigenvalue weighted by Gasteiger charge is -2.26. The maximum absolute atomic E-state index is 12.2. The molecule has 112 valence electrons. The third-order valence-electron chi connectivity index (χ3n) is 3.77. The van der Waals surface area contributed by atoms with Crippen molar-refractivity contribution >= 4 is 17.7 Å². The highest BCUT2D eigenvalue weighted by Gasteiger charge is 2.18. The molecule has 0 atom stereocenters. The van der Waals surface area contributed by atoms with Gasteiger partial charge in [-0.05, 0) is 50.5 Å². The molecule has 21 heavy (non-hydrogen) atoms. The molecule has 5 heteroatoms. The second-order valence-electron chi connectivity index (χ2n) is 5.46. The largest absolute Gasteiger partial charge is 0.478 e. The molecule has 1 heterocycles. The summed E-state index contributed by atoms with van der Waals surface area (Å²) < 4.78 is 0. The van der Waals surface area contributed by atoms with E-state index < -0.39 is 5.97 Å². The molecule has 2 N–H and O–H groups in total. The van der Waals surface area contributed by atoms with Crippen LogP contribution in [0.25, 0.3) is 0 Å². The first-order valence-corrected chi connectivity index (χ1v) is 6.94. The number of nitrogens with one attached hydrogen (secondary N) is 1. The van der Waals surface area contributed by atoms with Crippen LogP contribution >= 0.6 is 0 Å². The van der Waals surface area contributed by atoms with Gasteiger partial charge < -0.3 is 15.3 Å². The first kappa shape index (κ1) is 15.1. The van der Waals surface area contributed by atoms with Crippen LogP contribution in [0.5, 0.6) is 0 Å². The van der Waals surface area contributed by atoms with Crippen LogP contribution in [0.1, 0.15) is 34.8 Å². The Labute approximate surface area is 124 Å². The molecule has 1 aliphatic heterocycles. The Morgan fingerprint density at radius 3 is 2.57 bits per heavy atom. The van der Waals surface area contributed by atoms with E-state index in [1.54, 1.807) is 17.9 Å². The molecule has 0 unspecified atom stereocenters. The van der Waals surface area contributed by atoms with E-state index in [0.29, 0.717) is 18.8 Å². The predicted molar refractivity (Wildman–Crippen MR) is 81.8 cm³/mol. The third kappa shape index (κ3) is 3.42. The SMILES string of the molecule is CC1=CCCN(C(=O)Nc2cc(C)c(C)c(C(=O)O)c2)C1. The second kappa shape index (κ2) is 5.99. The number of aromatic carboxylic acids is 1. The zero-order valence-corrected chi connectivity index (χ0v) is 12.6. The van der Waals surface area contributed by atoms with Crippen molar-refractivity contribution in [2.75, 3.05) is 18.4 Å². The predicted octanol–water partition coefficient (Wildman–Crippen LogP) is 3.19. The number of hydrogen-bond acceptors (Lipinski definition) is 2. The van der Waals surface area contributed by atoms with Gasteiger partial charge in [-0.1, -0.05) is 11.6 Å². The van der Waals surface area contributed by atoms with Crippen LogP contribution in [-0.2, 0) is 0 Å². The van der Waals surface area contributed by atoms with Crippen molar-refractivity contribution in [3.63, 3.8) is 0 Å². The third-order valence-corrected chi connectivity index (χ3v) is 3.77. The van der Waals surface area contributed by atoms with Gasteiger partial charge in [0.15, 0.2) is 0 Å². The van der Waals surface area contributed by atoms with Crippen LogP contribution in [0.4, 0.5) is 10.5 Å². The Hall–Kier alpha value is -2.30. The Kier molecular flexibility index (Phi) is 4.31. The molecule has 2 amide bonds. The van der Waals surface area contributed by atoms with Crippen molar-refractivity contribution in [1.29, 1.82) is 0 Å². The zero-order chi connectivity index (χ0) is 15.6. The number of aryl methyl sites for hydroxylation is 1. The Balaban J connectivity index is 2.18. The van der Waals surface area contributed by atoms with Gasteiger partial charge in [-0.25, -0.2) is 9.59 Å². The van der Waals surface area contributed by atoms with Crippen molar-refractivity contribution < 1.29 is 14.7 Å². The lowest BCUT2D eigenvalue weighted by atomic mass is 10.0. The van der Waals surface area contributed by atoms with Crippen molar-refractivity contribution in [1.82, 2.24) is 4.90 Å². The highest BCUT2D eigenvalue weighted by Crippen LogP contribution is 2.21. The van der Waals surface area contributed by atoms with Crippen LogP contribution in [0.3, 0.4) is 0 Å². The van der Waals surface area contributed by atoms with E-state index in [1.807, 2.05) is 13.8 Å².